The van der Waals surface area contributed by atoms with Crippen molar-refractivity contribution < 1.29 is 27.5 Å². The second kappa shape index (κ2) is 7.27. The van der Waals surface area contributed by atoms with E-state index >= 15 is 0 Å². The molecule has 0 saturated heterocycles. The standard InChI is InChI=1S/C14H8Cl3F3NO3P/c15-10-2-1-7(3-8(10)4-12(17)25(22,23)24)13-11(16)5-9(6-21-13)14(18,19)20/h1-6H,(H2,22,23,24). The summed E-state index contributed by atoms with van der Waals surface area (Å²) in [6.07, 6.45) is -2.99. The third kappa shape index (κ3) is 4.97. The average Bonchev–Trinajstić information content (AvgIpc) is 2.47. The van der Waals surface area contributed by atoms with Crippen molar-refractivity contribution in [3.8, 4) is 11.3 Å². The Hall–Kier alpha value is -1.08. The van der Waals surface area contributed by atoms with E-state index in [9.17, 15) is 17.7 Å². The van der Waals surface area contributed by atoms with E-state index in [4.69, 9.17) is 44.6 Å². The van der Waals surface area contributed by atoms with E-state index in [0.717, 1.165) is 12.1 Å². The summed E-state index contributed by atoms with van der Waals surface area (Å²) in [5, 5.41) is -0.119. The van der Waals surface area contributed by atoms with Crippen LogP contribution in [-0.4, -0.2) is 14.8 Å². The van der Waals surface area contributed by atoms with Gasteiger partial charge in [0.15, 0.2) is 0 Å². The summed E-state index contributed by atoms with van der Waals surface area (Å²) >= 11 is 17.4. The van der Waals surface area contributed by atoms with Gasteiger partial charge in [-0.25, -0.2) is 0 Å². The summed E-state index contributed by atoms with van der Waals surface area (Å²) in [6.45, 7) is 0. The molecule has 11 heteroatoms. The maximum atomic E-state index is 12.7. The number of aromatic nitrogens is 1. The smallest absolute Gasteiger partial charge is 0.320 e. The lowest BCUT2D eigenvalue weighted by Gasteiger charge is -2.10. The molecule has 0 amide bonds. The van der Waals surface area contributed by atoms with Gasteiger partial charge in [-0.3, -0.25) is 9.55 Å². The number of halogens is 6. The van der Waals surface area contributed by atoms with Gasteiger partial charge in [-0.1, -0.05) is 40.9 Å². The number of benzene rings is 1. The van der Waals surface area contributed by atoms with E-state index < -0.39 is 24.1 Å². The second-order valence-electron chi connectivity index (χ2n) is 4.80. The normalized spacial score (nSPS) is 13.2. The molecule has 1 aromatic carbocycles. The number of rotatable bonds is 3. The van der Waals surface area contributed by atoms with Gasteiger partial charge in [-0.05, 0) is 29.8 Å². The van der Waals surface area contributed by atoms with E-state index in [-0.39, 0.29) is 21.3 Å². The highest BCUT2D eigenvalue weighted by Gasteiger charge is 2.31. The van der Waals surface area contributed by atoms with Gasteiger partial charge in [0.1, 0.15) is 4.77 Å². The second-order valence-corrected chi connectivity index (χ2v) is 7.85. The lowest BCUT2D eigenvalue weighted by atomic mass is 10.1. The highest BCUT2D eigenvalue weighted by molar-refractivity contribution is 7.59. The number of pyridine rings is 1. The summed E-state index contributed by atoms with van der Waals surface area (Å²) in [5.74, 6) is 0. The predicted molar refractivity (Wildman–Crippen MR) is 90.6 cm³/mol. The first kappa shape index (κ1) is 20.2. The molecule has 0 aliphatic carbocycles. The molecule has 0 bridgehead atoms. The SMILES string of the molecule is O=P(O)(O)C(Cl)=Cc1cc(-c2ncc(C(F)(F)F)cc2Cl)ccc1Cl. The van der Waals surface area contributed by atoms with Crippen molar-refractivity contribution in [2.24, 2.45) is 0 Å². The fraction of sp³-hybridized carbons (Fsp3) is 0.0714. The molecule has 1 aromatic heterocycles. The quantitative estimate of drug-likeness (QED) is 0.603. The predicted octanol–water partition coefficient (Wildman–Crippen LogP) is 5.79. The van der Waals surface area contributed by atoms with E-state index in [1.54, 1.807) is 0 Å². The van der Waals surface area contributed by atoms with Crippen LogP contribution >= 0.6 is 42.4 Å². The molecule has 0 aliphatic heterocycles. The molecule has 2 rings (SSSR count). The lowest BCUT2D eigenvalue weighted by molar-refractivity contribution is -0.137. The molecule has 0 aliphatic rings. The molecule has 0 unspecified atom stereocenters. The molecule has 134 valence electrons. The zero-order valence-electron chi connectivity index (χ0n) is 11.9. The van der Waals surface area contributed by atoms with Crippen LogP contribution in [0, 0.1) is 0 Å². The van der Waals surface area contributed by atoms with Gasteiger partial charge < -0.3 is 9.79 Å². The molecule has 0 fully saturated rings. The molecular weight excluding hydrogens is 424 g/mol. The number of hydrogen-bond donors (Lipinski definition) is 2. The van der Waals surface area contributed by atoms with Crippen molar-refractivity contribution in [3.63, 3.8) is 0 Å². The van der Waals surface area contributed by atoms with Crippen molar-refractivity contribution in [1.82, 2.24) is 4.98 Å². The molecule has 1 heterocycles. The van der Waals surface area contributed by atoms with Crippen molar-refractivity contribution in [1.29, 1.82) is 0 Å². The van der Waals surface area contributed by atoms with Crippen molar-refractivity contribution in [2.75, 3.05) is 0 Å². The van der Waals surface area contributed by atoms with Crippen LogP contribution in [0.25, 0.3) is 17.3 Å². The van der Waals surface area contributed by atoms with Crippen molar-refractivity contribution in [3.05, 3.63) is 56.4 Å². The maximum absolute atomic E-state index is 12.7. The topological polar surface area (TPSA) is 70.4 Å². The molecule has 0 radical (unpaired) electrons. The molecular formula is C14H8Cl3F3NO3P. The minimum atomic E-state index is -4.66. The summed E-state index contributed by atoms with van der Waals surface area (Å²) < 4.78 is 48.3. The first-order chi connectivity index (χ1) is 11.4. The Balaban J connectivity index is 2.52. The van der Waals surface area contributed by atoms with Gasteiger partial charge in [0.25, 0.3) is 0 Å². The summed E-state index contributed by atoms with van der Waals surface area (Å²) in [7, 11) is -4.66. The summed E-state index contributed by atoms with van der Waals surface area (Å²) in [5.41, 5.74) is -0.511. The molecule has 0 atom stereocenters. The van der Waals surface area contributed by atoms with Crippen LogP contribution in [-0.2, 0) is 10.7 Å². The van der Waals surface area contributed by atoms with Crippen LogP contribution < -0.4 is 0 Å². The van der Waals surface area contributed by atoms with Gasteiger partial charge in [0.05, 0.1) is 16.3 Å². The molecule has 2 aromatic rings. The van der Waals surface area contributed by atoms with Gasteiger partial charge >= 0.3 is 13.8 Å². The highest BCUT2D eigenvalue weighted by atomic mass is 35.5. The Labute approximate surface area is 155 Å². The molecule has 2 N–H and O–H groups in total. The average molecular weight is 433 g/mol. The van der Waals surface area contributed by atoms with Crippen LogP contribution in [0.1, 0.15) is 11.1 Å². The zero-order valence-corrected chi connectivity index (χ0v) is 15.1. The minimum absolute atomic E-state index is 0.0493. The lowest BCUT2D eigenvalue weighted by Crippen LogP contribution is -2.05. The molecule has 25 heavy (non-hydrogen) atoms. The maximum Gasteiger partial charge on any atom is 0.417 e. The Kier molecular flexibility index (Phi) is 5.88. The number of hydrogen-bond acceptors (Lipinski definition) is 2. The fourth-order valence-electron chi connectivity index (χ4n) is 1.82. The summed E-state index contributed by atoms with van der Waals surface area (Å²) in [4.78, 5) is 21.7. The number of alkyl halides is 3. The van der Waals surface area contributed by atoms with E-state index in [1.165, 1.54) is 18.2 Å². The van der Waals surface area contributed by atoms with Crippen LogP contribution in [0.15, 0.2) is 35.2 Å². The van der Waals surface area contributed by atoms with Crippen molar-refractivity contribution in [2.45, 2.75) is 6.18 Å². The third-order valence-corrected chi connectivity index (χ3v) is 5.08. The molecule has 0 saturated carbocycles. The Morgan fingerprint density at radius 1 is 1.16 bits per heavy atom. The van der Waals surface area contributed by atoms with Crippen LogP contribution in [0.4, 0.5) is 13.2 Å². The molecule has 0 spiro atoms. The monoisotopic (exact) mass is 431 g/mol. The van der Waals surface area contributed by atoms with Crippen molar-refractivity contribution >= 4 is 48.5 Å². The van der Waals surface area contributed by atoms with Crippen LogP contribution in [0.3, 0.4) is 0 Å². The zero-order chi connectivity index (χ0) is 19.0. The van der Waals surface area contributed by atoms with Gasteiger partial charge in [-0.15, -0.1) is 0 Å². The fourth-order valence-corrected chi connectivity index (χ4v) is 2.69. The third-order valence-electron chi connectivity index (χ3n) is 2.99. The minimum Gasteiger partial charge on any atom is -0.320 e. The van der Waals surface area contributed by atoms with Crippen LogP contribution in [0.5, 0.6) is 0 Å². The Morgan fingerprint density at radius 2 is 1.80 bits per heavy atom. The number of nitrogens with zero attached hydrogens (tertiary/aromatic N) is 1. The van der Waals surface area contributed by atoms with E-state index in [1.807, 2.05) is 0 Å². The Bertz CT molecular complexity index is 897. The van der Waals surface area contributed by atoms with E-state index in [0.29, 0.717) is 11.8 Å². The first-order valence-corrected chi connectivity index (χ1v) is 9.10. The van der Waals surface area contributed by atoms with Gasteiger partial charge in [0.2, 0.25) is 0 Å². The van der Waals surface area contributed by atoms with Crippen LogP contribution in [0.2, 0.25) is 10.0 Å². The summed E-state index contributed by atoms with van der Waals surface area (Å²) in [6, 6.07) is 4.91. The Morgan fingerprint density at radius 3 is 2.32 bits per heavy atom. The highest BCUT2D eigenvalue weighted by Crippen LogP contribution is 2.48. The molecule has 4 nitrogen and oxygen atoms in total. The first-order valence-electron chi connectivity index (χ1n) is 6.35. The van der Waals surface area contributed by atoms with Gasteiger partial charge in [-0.2, -0.15) is 13.2 Å². The largest absolute Gasteiger partial charge is 0.417 e. The van der Waals surface area contributed by atoms with E-state index in [2.05, 4.69) is 4.98 Å². The van der Waals surface area contributed by atoms with Gasteiger partial charge in [0, 0.05) is 16.8 Å².